The SMILES string of the molecule is C=C[C@@H]1C[C@]1(CC(=O)[C@@H]1C[C@@H]2CN1C(=O)[C@H](C1CCCC1)CC(=O)OCC(C)(C)CCCc1cc3c(cc(OCc4csc(C(C)C)n4)nc3cc1OC)O2)C(=O)NS(=O)(=O)C1CC1. The molecular formula is C48H62N4O10S2. The number of rotatable bonds is 13. The second kappa shape index (κ2) is 18.4. The highest BCUT2D eigenvalue weighted by molar-refractivity contribution is 7.90. The Labute approximate surface area is 380 Å². The van der Waals surface area contributed by atoms with Gasteiger partial charge in [-0.05, 0) is 80.2 Å². The van der Waals surface area contributed by atoms with Crippen LogP contribution in [0.3, 0.4) is 0 Å². The summed E-state index contributed by atoms with van der Waals surface area (Å²) >= 11 is 1.58. The van der Waals surface area contributed by atoms with Gasteiger partial charge in [-0.3, -0.25) is 23.9 Å². The molecule has 2 aliphatic heterocycles. The van der Waals surface area contributed by atoms with Crippen LogP contribution in [0, 0.1) is 28.6 Å². The van der Waals surface area contributed by atoms with Crippen LogP contribution in [0.15, 0.2) is 36.2 Å². The third-order valence-electron chi connectivity index (χ3n) is 13.9. The van der Waals surface area contributed by atoms with E-state index < -0.39 is 56.5 Å². The van der Waals surface area contributed by atoms with Crippen molar-refractivity contribution in [2.24, 2.45) is 28.6 Å². The molecule has 5 atom stereocenters. The zero-order valence-electron chi connectivity index (χ0n) is 37.7. The fraction of sp³-hybridized carbons (Fsp3) is 0.625. The average Bonchev–Trinajstić information content (AvgIpc) is 4.02. The first kappa shape index (κ1) is 46.0. The molecular weight excluding hydrogens is 857 g/mol. The first-order valence-corrected chi connectivity index (χ1v) is 25.3. The Hall–Kier alpha value is -4.57. The van der Waals surface area contributed by atoms with E-state index in [2.05, 4.69) is 39.0 Å². The van der Waals surface area contributed by atoms with E-state index in [9.17, 15) is 22.8 Å². The molecule has 2 amide bonds. The summed E-state index contributed by atoms with van der Waals surface area (Å²) in [5.41, 5.74) is 0.642. The molecule has 1 N–H and O–H groups in total. The highest BCUT2D eigenvalue weighted by Crippen LogP contribution is 2.57. The maximum absolute atomic E-state index is 15.1. The molecule has 3 aliphatic carbocycles. The van der Waals surface area contributed by atoms with Gasteiger partial charge < -0.3 is 23.8 Å². The maximum atomic E-state index is 15.1. The van der Waals surface area contributed by atoms with E-state index in [1.165, 1.54) is 0 Å². The number of sulfonamides is 1. The number of nitrogens with zero attached hydrogens (tertiary/aromatic N) is 3. The monoisotopic (exact) mass is 918 g/mol. The van der Waals surface area contributed by atoms with Gasteiger partial charge in [-0.1, -0.05) is 46.6 Å². The van der Waals surface area contributed by atoms with Gasteiger partial charge in [0.15, 0.2) is 5.78 Å². The lowest BCUT2D eigenvalue weighted by Gasteiger charge is -2.31. The van der Waals surface area contributed by atoms with Gasteiger partial charge in [0.1, 0.15) is 24.2 Å². The molecule has 8 rings (SSSR count). The van der Waals surface area contributed by atoms with Gasteiger partial charge in [-0.15, -0.1) is 17.9 Å². The lowest BCUT2D eigenvalue weighted by Crippen LogP contribution is -2.47. The Balaban J connectivity index is 1.16. The van der Waals surface area contributed by atoms with Crippen LogP contribution in [0.2, 0.25) is 0 Å². The molecule has 64 heavy (non-hydrogen) atoms. The third-order valence-corrected chi connectivity index (χ3v) is 17.0. The predicted octanol–water partition coefficient (Wildman–Crippen LogP) is 7.61. The first-order valence-electron chi connectivity index (χ1n) is 22.9. The number of amides is 2. The number of carbonyl (C=O) groups is 4. The van der Waals surface area contributed by atoms with Crippen LogP contribution in [-0.2, 0) is 47.0 Å². The molecule has 1 saturated heterocycles. The molecule has 4 heterocycles. The van der Waals surface area contributed by atoms with Gasteiger partial charge in [0, 0.05) is 41.7 Å². The zero-order chi connectivity index (χ0) is 45.6. The molecule has 0 unspecified atom stereocenters. The van der Waals surface area contributed by atoms with Crippen molar-refractivity contribution in [1.29, 1.82) is 0 Å². The van der Waals surface area contributed by atoms with Crippen molar-refractivity contribution in [3.8, 4) is 17.4 Å². The van der Waals surface area contributed by atoms with Gasteiger partial charge in [0.25, 0.3) is 0 Å². The van der Waals surface area contributed by atoms with Crippen molar-refractivity contribution in [3.63, 3.8) is 0 Å². The van der Waals surface area contributed by atoms with Crippen LogP contribution < -0.4 is 18.9 Å². The summed E-state index contributed by atoms with van der Waals surface area (Å²) < 4.78 is 53.1. The maximum Gasteiger partial charge on any atom is 0.306 e. The van der Waals surface area contributed by atoms with E-state index in [4.69, 9.17) is 28.9 Å². The minimum atomic E-state index is -3.88. The molecule has 2 aromatic heterocycles. The Morgan fingerprint density at radius 2 is 1.86 bits per heavy atom. The first-order chi connectivity index (χ1) is 30.5. The molecule has 5 aliphatic rings. The molecule has 0 radical (unpaired) electrons. The number of Topliss-reactive ketones (excluding diaryl/α,β-unsaturated/α-hetero) is 1. The number of carbonyl (C=O) groups excluding carboxylic acids is 4. The molecule has 4 fully saturated rings. The Bertz CT molecular complexity index is 2400. The Kier molecular flexibility index (Phi) is 13.2. The molecule has 0 spiro atoms. The van der Waals surface area contributed by atoms with Crippen molar-refractivity contribution < 1.29 is 46.5 Å². The molecule has 4 bridgehead atoms. The number of ketones is 1. The number of fused-ring (bicyclic) bond motifs is 3. The Morgan fingerprint density at radius 1 is 1.09 bits per heavy atom. The summed E-state index contributed by atoms with van der Waals surface area (Å²) in [6.45, 7) is 12.6. The van der Waals surface area contributed by atoms with Gasteiger partial charge >= 0.3 is 5.97 Å². The number of hydrogen-bond donors (Lipinski definition) is 1. The lowest BCUT2D eigenvalue weighted by molar-refractivity contribution is -0.153. The normalized spacial score (nSPS) is 26.6. The van der Waals surface area contributed by atoms with Crippen LogP contribution in [0.25, 0.3) is 10.9 Å². The van der Waals surface area contributed by atoms with Crippen LogP contribution in [-0.4, -0.2) is 84.5 Å². The standard InChI is InChI=1S/C48H62N4O10S2/c1-7-31-22-48(31,46(56)51-64(57,58)34-14-15-34)23-39(53)38-18-33-24-52(38)45(55)35(29-11-8-9-12-29)19-43(54)61-27-47(4,5)16-10-13-30-17-36-37(20-40(30)59-6)50-42(21-41(36)62-33)60-25-32-26-63-44(49-32)28(2)3/h7,17,20-21,26,28-29,31,33-35,38H,1,8-16,18-19,22-25,27H2,2-6H3,(H,51,56)/t31-,33-,35+,38+,48-/m1/s1. The number of benzene rings is 1. The van der Waals surface area contributed by atoms with Gasteiger partial charge in [0.05, 0.1) is 65.5 Å². The average molecular weight is 919 g/mol. The van der Waals surface area contributed by atoms with Gasteiger partial charge in [0.2, 0.25) is 27.7 Å². The number of nitrogens with one attached hydrogen (secondary N) is 1. The van der Waals surface area contributed by atoms with E-state index in [1.807, 2.05) is 17.5 Å². The highest BCUT2D eigenvalue weighted by atomic mass is 32.2. The second-order valence-corrected chi connectivity index (χ2v) is 22.6. The fourth-order valence-electron chi connectivity index (χ4n) is 9.90. The predicted molar refractivity (Wildman–Crippen MR) is 242 cm³/mol. The van der Waals surface area contributed by atoms with Crippen molar-refractivity contribution in [2.75, 3.05) is 20.3 Å². The van der Waals surface area contributed by atoms with Crippen molar-refractivity contribution >= 4 is 55.8 Å². The van der Waals surface area contributed by atoms with E-state index in [1.54, 1.807) is 35.5 Å². The molecule has 3 saturated carbocycles. The quantitative estimate of drug-likeness (QED) is 0.131. The zero-order valence-corrected chi connectivity index (χ0v) is 39.3. The van der Waals surface area contributed by atoms with Crippen LogP contribution in [0.5, 0.6) is 17.4 Å². The smallest absolute Gasteiger partial charge is 0.306 e. The van der Waals surface area contributed by atoms with E-state index in [0.717, 1.165) is 54.8 Å². The minimum absolute atomic E-state index is 0.0422. The number of aryl methyl sites for hydroxylation is 1. The topological polar surface area (TPSA) is 180 Å². The molecule has 1 aromatic carbocycles. The van der Waals surface area contributed by atoms with Crippen LogP contribution in [0.4, 0.5) is 0 Å². The summed E-state index contributed by atoms with van der Waals surface area (Å²) in [6, 6.07) is 4.63. The number of ether oxygens (including phenoxy) is 4. The van der Waals surface area contributed by atoms with Gasteiger partial charge in [-0.25, -0.2) is 18.4 Å². The van der Waals surface area contributed by atoms with Crippen LogP contribution in [0.1, 0.15) is 127 Å². The lowest BCUT2D eigenvalue weighted by atomic mass is 9.85. The highest BCUT2D eigenvalue weighted by Gasteiger charge is 2.61. The molecule has 3 aromatic rings. The number of cyclic esters (lactones) is 1. The number of aromatic nitrogens is 2. The fourth-order valence-corrected chi connectivity index (χ4v) is 12.1. The van der Waals surface area contributed by atoms with Crippen molar-refractivity contribution in [1.82, 2.24) is 19.6 Å². The summed E-state index contributed by atoms with van der Waals surface area (Å²) in [6.07, 6.45) is 7.48. The number of methoxy groups -OCH3 is 1. The largest absolute Gasteiger partial charge is 0.496 e. The third kappa shape index (κ3) is 9.97. The summed E-state index contributed by atoms with van der Waals surface area (Å²) in [4.78, 5) is 68.6. The second-order valence-electron chi connectivity index (χ2n) is 19.8. The molecule has 346 valence electrons. The number of thiazole rings is 1. The summed E-state index contributed by atoms with van der Waals surface area (Å²) in [5.74, 6) is -1.35. The van der Waals surface area contributed by atoms with E-state index in [0.29, 0.717) is 47.5 Å². The van der Waals surface area contributed by atoms with E-state index in [-0.39, 0.29) is 74.4 Å². The van der Waals surface area contributed by atoms with Gasteiger partial charge in [-0.2, -0.15) is 0 Å². The van der Waals surface area contributed by atoms with Crippen molar-refractivity contribution in [3.05, 3.63) is 52.5 Å². The minimum Gasteiger partial charge on any atom is -0.496 e. The van der Waals surface area contributed by atoms with Crippen molar-refractivity contribution in [2.45, 2.75) is 141 Å². The number of esters is 1. The summed E-state index contributed by atoms with van der Waals surface area (Å²) in [5, 5.41) is 3.08. The number of allylic oxidation sites excluding steroid dienone is 1. The molecule has 16 heteroatoms. The number of pyridine rings is 1. The van der Waals surface area contributed by atoms with E-state index >= 15 is 4.79 Å². The Morgan fingerprint density at radius 3 is 2.53 bits per heavy atom. The van der Waals surface area contributed by atoms with Crippen LogP contribution >= 0.6 is 11.3 Å². The molecule has 14 nitrogen and oxygen atoms in total. The summed E-state index contributed by atoms with van der Waals surface area (Å²) in [7, 11) is -2.26. The number of hydrogen-bond acceptors (Lipinski definition) is 13.